The van der Waals surface area contributed by atoms with E-state index < -0.39 is 42.3 Å². The highest BCUT2D eigenvalue weighted by Gasteiger charge is 2.58. The zero-order chi connectivity index (χ0) is 30.2. The van der Waals surface area contributed by atoms with Gasteiger partial charge in [0.15, 0.2) is 23.7 Å². The summed E-state index contributed by atoms with van der Waals surface area (Å²) in [5.41, 5.74) is 3.19. The summed E-state index contributed by atoms with van der Waals surface area (Å²) < 4.78 is 35.8. The molecule has 7 rings (SSSR count). The Bertz CT molecular complexity index is 1670. The predicted octanol–water partition coefficient (Wildman–Crippen LogP) is 2.35. The van der Waals surface area contributed by atoms with Crippen molar-refractivity contribution >= 4 is 12.0 Å². The summed E-state index contributed by atoms with van der Waals surface area (Å²) in [6.45, 7) is 0.236. The van der Waals surface area contributed by atoms with Gasteiger partial charge in [-0.15, -0.1) is 0 Å². The van der Waals surface area contributed by atoms with Gasteiger partial charge in [0.1, 0.15) is 35.6 Å². The Balaban J connectivity index is 1.39. The third-order valence-corrected chi connectivity index (χ3v) is 8.41. The normalized spacial score (nSPS) is 29.7. The number of carboxylic acids is 1. The van der Waals surface area contributed by atoms with Crippen molar-refractivity contribution in [3.63, 3.8) is 0 Å². The summed E-state index contributed by atoms with van der Waals surface area (Å²) in [6, 6.07) is 12.0. The van der Waals surface area contributed by atoms with Crippen LogP contribution in [-0.2, 0) is 9.53 Å². The van der Waals surface area contributed by atoms with Crippen molar-refractivity contribution in [2.75, 3.05) is 20.8 Å². The summed E-state index contributed by atoms with van der Waals surface area (Å²) in [5.74, 6) is -1.79. The number of rotatable bonds is 4. The second kappa shape index (κ2) is 9.78. The van der Waals surface area contributed by atoms with Crippen molar-refractivity contribution in [2.24, 2.45) is 0 Å². The van der Waals surface area contributed by atoms with Crippen LogP contribution in [0.5, 0.6) is 34.5 Å². The van der Waals surface area contributed by atoms with Crippen LogP contribution < -0.4 is 23.7 Å². The van der Waals surface area contributed by atoms with E-state index in [9.17, 15) is 30.3 Å². The van der Waals surface area contributed by atoms with Crippen molar-refractivity contribution in [3.05, 3.63) is 65.2 Å². The van der Waals surface area contributed by atoms with E-state index in [-0.39, 0.29) is 24.0 Å². The standard InChI is InChI=1S/C31H28O12/c1-38-19-7-6-15-18-12-40-24-16-8-9-31(29(35)23(34)22(33)28(43-31)30(36)37)42-20(16)11-17(13-4-3-5-14(32)10-13)21(24)25(18)41-26(15)27(19)39-2/h3-11,18,22-23,25,28-29,32-35H,12H2,1-2H3,(H,36,37)/t18-,22-,23-,25+,28-,29+,31+/m0/s1. The quantitative estimate of drug-likeness (QED) is 0.300. The Morgan fingerprint density at radius 3 is 2.56 bits per heavy atom. The molecule has 4 aliphatic rings. The van der Waals surface area contributed by atoms with Crippen molar-refractivity contribution in [2.45, 2.75) is 42.2 Å². The van der Waals surface area contributed by atoms with Gasteiger partial charge >= 0.3 is 5.97 Å². The number of methoxy groups -OCH3 is 2. The number of phenolic OH excluding ortho intramolecular Hbond substituents is 1. The van der Waals surface area contributed by atoms with Gasteiger partial charge in [-0.3, -0.25) is 0 Å². The summed E-state index contributed by atoms with van der Waals surface area (Å²) >= 11 is 0. The minimum Gasteiger partial charge on any atom is -0.508 e. The lowest BCUT2D eigenvalue weighted by molar-refractivity contribution is -0.309. The molecule has 0 bridgehead atoms. The minimum atomic E-state index is -2.12. The number of hydrogen-bond donors (Lipinski definition) is 5. The van der Waals surface area contributed by atoms with E-state index in [1.54, 1.807) is 37.5 Å². The SMILES string of the molecule is COc1ccc2c(c1OC)O[C@H]1c3c(-c4cccc(O)c4)cc4c(c3OC[C@@H]21)C=C[C@@]1(O4)O[C@H](C(=O)O)[C@@H](O)[C@H](O)[C@H]1O. The van der Waals surface area contributed by atoms with Gasteiger partial charge < -0.3 is 54.0 Å². The van der Waals surface area contributed by atoms with E-state index >= 15 is 0 Å². The number of aliphatic hydroxyl groups is 3. The predicted molar refractivity (Wildman–Crippen MR) is 148 cm³/mol. The molecule has 0 saturated carbocycles. The van der Waals surface area contributed by atoms with Crippen LogP contribution in [0.4, 0.5) is 0 Å². The van der Waals surface area contributed by atoms with Crippen LogP contribution in [0.2, 0.25) is 0 Å². The van der Waals surface area contributed by atoms with Crippen LogP contribution >= 0.6 is 0 Å². The third kappa shape index (κ3) is 3.94. The van der Waals surface area contributed by atoms with Crippen molar-refractivity contribution < 1.29 is 58.7 Å². The molecule has 3 aromatic carbocycles. The first-order valence-electron chi connectivity index (χ1n) is 13.5. The molecule has 0 unspecified atom stereocenters. The molecule has 1 fully saturated rings. The Morgan fingerprint density at radius 1 is 1.02 bits per heavy atom. The number of carbonyl (C=O) groups is 1. The van der Waals surface area contributed by atoms with Gasteiger partial charge in [0.25, 0.3) is 5.79 Å². The van der Waals surface area contributed by atoms with Crippen molar-refractivity contribution in [1.29, 1.82) is 0 Å². The van der Waals surface area contributed by atoms with E-state index in [1.165, 1.54) is 19.3 Å². The molecule has 0 aliphatic carbocycles. The highest BCUT2D eigenvalue weighted by molar-refractivity contribution is 5.82. The summed E-state index contributed by atoms with van der Waals surface area (Å²) in [4.78, 5) is 11.8. The molecular weight excluding hydrogens is 564 g/mol. The van der Waals surface area contributed by atoms with E-state index in [4.69, 9.17) is 28.4 Å². The molecule has 0 aromatic heterocycles. The fourth-order valence-electron chi connectivity index (χ4n) is 6.33. The van der Waals surface area contributed by atoms with Crippen LogP contribution in [0.15, 0.2) is 48.5 Å². The molecule has 224 valence electrons. The second-order valence-electron chi connectivity index (χ2n) is 10.8. The zero-order valence-electron chi connectivity index (χ0n) is 23.0. The largest absolute Gasteiger partial charge is 0.508 e. The highest BCUT2D eigenvalue weighted by Crippen LogP contribution is 2.60. The van der Waals surface area contributed by atoms with Gasteiger partial charge in [0, 0.05) is 11.1 Å². The fraction of sp³-hybridized carbons (Fsp3) is 0.323. The molecule has 0 amide bonds. The maximum absolute atomic E-state index is 11.8. The number of aliphatic carboxylic acids is 1. The van der Waals surface area contributed by atoms with E-state index in [1.807, 2.05) is 12.1 Å². The molecule has 1 saturated heterocycles. The van der Waals surface area contributed by atoms with Crippen LogP contribution in [0, 0.1) is 0 Å². The van der Waals surface area contributed by atoms with Gasteiger partial charge in [-0.05, 0) is 47.5 Å². The first-order valence-corrected chi connectivity index (χ1v) is 13.5. The Labute approximate surface area is 244 Å². The molecule has 0 radical (unpaired) electrons. The third-order valence-electron chi connectivity index (χ3n) is 8.41. The molecule has 4 heterocycles. The first kappa shape index (κ1) is 27.3. The number of ether oxygens (including phenoxy) is 6. The van der Waals surface area contributed by atoms with E-state index in [0.717, 1.165) is 5.56 Å². The van der Waals surface area contributed by atoms with E-state index in [0.29, 0.717) is 45.3 Å². The zero-order valence-corrected chi connectivity index (χ0v) is 23.0. The molecular formula is C31H28O12. The molecule has 3 aromatic rings. The average Bonchev–Trinajstić information content (AvgIpc) is 3.39. The fourth-order valence-corrected chi connectivity index (χ4v) is 6.33. The second-order valence-corrected chi connectivity index (χ2v) is 10.8. The van der Waals surface area contributed by atoms with Gasteiger partial charge in [-0.1, -0.05) is 18.2 Å². The lowest BCUT2D eigenvalue weighted by Gasteiger charge is -2.47. The molecule has 7 atom stereocenters. The van der Waals surface area contributed by atoms with E-state index in [2.05, 4.69) is 0 Å². The van der Waals surface area contributed by atoms with Gasteiger partial charge in [0.2, 0.25) is 5.75 Å². The van der Waals surface area contributed by atoms with Crippen molar-refractivity contribution in [3.8, 4) is 45.6 Å². The lowest BCUT2D eigenvalue weighted by Crippen LogP contribution is -2.67. The molecule has 12 heteroatoms. The van der Waals surface area contributed by atoms with Gasteiger partial charge in [-0.25, -0.2) is 4.79 Å². The van der Waals surface area contributed by atoms with Crippen LogP contribution in [0.3, 0.4) is 0 Å². The van der Waals surface area contributed by atoms with Crippen LogP contribution in [0.25, 0.3) is 17.2 Å². The topological polar surface area (TPSA) is 174 Å². The Kier molecular flexibility index (Phi) is 6.22. The van der Waals surface area contributed by atoms with Gasteiger partial charge in [-0.2, -0.15) is 0 Å². The number of hydrogen-bond acceptors (Lipinski definition) is 11. The molecule has 1 spiro atoms. The Hall–Kier alpha value is -4.49. The van der Waals surface area contributed by atoms with Crippen molar-refractivity contribution in [1.82, 2.24) is 0 Å². The smallest absolute Gasteiger partial charge is 0.335 e. The minimum absolute atomic E-state index is 0.0176. The number of aliphatic hydroxyl groups excluding tert-OH is 3. The number of fused-ring (bicyclic) bond motifs is 7. The monoisotopic (exact) mass is 592 g/mol. The molecule has 43 heavy (non-hydrogen) atoms. The number of benzene rings is 3. The van der Waals surface area contributed by atoms with Gasteiger partial charge in [0.05, 0.1) is 32.3 Å². The number of carboxylic acid groups (broad SMARTS) is 1. The molecule has 4 aliphatic heterocycles. The molecule has 5 N–H and O–H groups in total. The summed E-state index contributed by atoms with van der Waals surface area (Å²) in [7, 11) is 3.08. The Morgan fingerprint density at radius 2 is 1.84 bits per heavy atom. The number of aromatic hydroxyl groups is 1. The van der Waals surface area contributed by atoms with Crippen LogP contribution in [0.1, 0.15) is 28.7 Å². The first-order chi connectivity index (χ1) is 20.7. The highest BCUT2D eigenvalue weighted by atomic mass is 16.7. The lowest BCUT2D eigenvalue weighted by atomic mass is 9.82. The maximum Gasteiger partial charge on any atom is 0.335 e. The van der Waals surface area contributed by atoms with Crippen LogP contribution in [-0.4, -0.2) is 82.5 Å². The number of phenols is 1. The summed E-state index contributed by atoms with van der Waals surface area (Å²) in [6.07, 6.45) is -5.14. The summed E-state index contributed by atoms with van der Waals surface area (Å²) in [5, 5.41) is 51.6. The molecule has 12 nitrogen and oxygen atoms in total. The average molecular weight is 593 g/mol. The maximum atomic E-state index is 11.8.